The van der Waals surface area contributed by atoms with E-state index in [1.807, 2.05) is 0 Å². The molecule has 7 heteroatoms. The number of nitrogens with zero attached hydrogens (tertiary/aromatic N) is 1. The summed E-state index contributed by atoms with van der Waals surface area (Å²) in [7, 11) is -2.86. The van der Waals surface area contributed by atoms with Crippen LogP contribution in [0.5, 0.6) is 0 Å². The third-order valence-electron chi connectivity index (χ3n) is 3.28. The highest BCUT2D eigenvalue weighted by Gasteiger charge is 2.33. The number of carbonyl (C=O) groups excluding carboxylic acids is 1. The van der Waals surface area contributed by atoms with Gasteiger partial charge in [0.05, 0.1) is 23.9 Å². The number of amides is 1. The zero-order chi connectivity index (χ0) is 13.2. The van der Waals surface area contributed by atoms with E-state index < -0.39 is 9.84 Å². The first kappa shape index (κ1) is 14.1. The van der Waals surface area contributed by atoms with Crippen molar-refractivity contribution in [3.05, 3.63) is 0 Å². The average molecular weight is 293 g/mol. The molecule has 104 valence electrons. The number of hydrogen-bond donors (Lipinski definition) is 1. The number of thioether (sulfide) groups is 1. The van der Waals surface area contributed by atoms with Gasteiger partial charge in [-0.1, -0.05) is 0 Å². The van der Waals surface area contributed by atoms with Crippen molar-refractivity contribution in [2.45, 2.75) is 30.6 Å². The van der Waals surface area contributed by atoms with E-state index in [1.54, 1.807) is 4.90 Å². The Balaban J connectivity index is 1.77. The summed E-state index contributed by atoms with van der Waals surface area (Å²) in [6, 6.07) is 0.303. The van der Waals surface area contributed by atoms with Crippen molar-refractivity contribution in [3.63, 3.8) is 0 Å². The predicted molar refractivity (Wildman–Crippen MR) is 71.3 cm³/mol. The van der Waals surface area contributed by atoms with Gasteiger partial charge in [0.25, 0.3) is 0 Å². The Kier molecular flexibility index (Phi) is 4.55. The van der Waals surface area contributed by atoms with Crippen molar-refractivity contribution in [2.24, 2.45) is 0 Å². The molecule has 0 bridgehead atoms. The van der Waals surface area contributed by atoms with E-state index in [2.05, 4.69) is 0 Å². The third kappa shape index (κ3) is 3.86. The van der Waals surface area contributed by atoms with Crippen molar-refractivity contribution in [1.29, 1.82) is 0 Å². The Bertz CT molecular complexity index is 405. The zero-order valence-corrected chi connectivity index (χ0v) is 11.9. The molecule has 2 rings (SSSR count). The van der Waals surface area contributed by atoms with Crippen molar-refractivity contribution >= 4 is 27.5 Å². The fraction of sp³-hybridized carbons (Fsp3) is 0.909. The standard InChI is InChI=1S/C11H19NO4S2/c13-5-4-12(9-1-2-9)11(14)7-17-10-3-6-18(15,16)8-10/h9-10,13H,1-8H2. The number of carbonyl (C=O) groups is 1. The Morgan fingerprint density at radius 2 is 2.06 bits per heavy atom. The van der Waals surface area contributed by atoms with Gasteiger partial charge < -0.3 is 10.0 Å². The monoisotopic (exact) mass is 293 g/mol. The van der Waals surface area contributed by atoms with E-state index in [9.17, 15) is 13.2 Å². The molecule has 1 aliphatic heterocycles. The van der Waals surface area contributed by atoms with Gasteiger partial charge in [-0.15, -0.1) is 11.8 Å². The summed E-state index contributed by atoms with van der Waals surface area (Å²) in [5, 5.41) is 8.99. The third-order valence-corrected chi connectivity index (χ3v) is 6.55. The van der Waals surface area contributed by atoms with Gasteiger partial charge in [0.15, 0.2) is 9.84 Å². The predicted octanol–water partition coefficient (Wildman–Crippen LogP) is -0.110. The van der Waals surface area contributed by atoms with Crippen LogP contribution in [0.25, 0.3) is 0 Å². The lowest BCUT2D eigenvalue weighted by Crippen LogP contribution is -2.37. The van der Waals surface area contributed by atoms with Gasteiger partial charge in [-0.05, 0) is 19.3 Å². The highest BCUT2D eigenvalue weighted by atomic mass is 32.2. The maximum atomic E-state index is 12.0. The lowest BCUT2D eigenvalue weighted by molar-refractivity contribution is -0.129. The molecule has 0 aromatic heterocycles. The normalized spacial score (nSPS) is 26.2. The van der Waals surface area contributed by atoms with E-state index in [-0.39, 0.29) is 29.3 Å². The zero-order valence-electron chi connectivity index (χ0n) is 10.2. The summed E-state index contributed by atoms with van der Waals surface area (Å²) in [4.78, 5) is 13.7. The molecule has 0 aromatic carbocycles. The Labute approximate surface area is 112 Å². The molecule has 2 aliphatic rings. The molecule has 1 saturated carbocycles. The summed E-state index contributed by atoms with van der Waals surface area (Å²) in [6.07, 6.45) is 2.70. The van der Waals surface area contributed by atoms with Crippen molar-refractivity contribution in [1.82, 2.24) is 4.90 Å². The smallest absolute Gasteiger partial charge is 0.232 e. The Hall–Kier alpha value is -0.270. The van der Waals surface area contributed by atoms with Crippen LogP contribution in [0.2, 0.25) is 0 Å². The molecule has 1 amide bonds. The lowest BCUT2D eigenvalue weighted by atomic mass is 10.4. The number of aliphatic hydroxyl groups excluding tert-OH is 1. The van der Waals surface area contributed by atoms with Gasteiger partial charge in [-0.25, -0.2) is 8.42 Å². The molecule has 0 radical (unpaired) electrons. The summed E-state index contributed by atoms with van der Waals surface area (Å²) in [5.41, 5.74) is 0. The molecular weight excluding hydrogens is 274 g/mol. The van der Waals surface area contributed by atoms with Crippen LogP contribution in [0.1, 0.15) is 19.3 Å². The SMILES string of the molecule is O=C(CSC1CCS(=O)(=O)C1)N(CCO)C1CC1. The minimum absolute atomic E-state index is 0.00921. The van der Waals surface area contributed by atoms with Gasteiger partial charge in [0.1, 0.15) is 0 Å². The van der Waals surface area contributed by atoms with Crippen molar-refractivity contribution < 1.29 is 18.3 Å². The molecule has 0 spiro atoms. The molecule has 2 fully saturated rings. The van der Waals surface area contributed by atoms with Gasteiger partial charge in [-0.3, -0.25) is 4.79 Å². The molecule has 1 atom stereocenters. The first-order valence-corrected chi connectivity index (χ1v) is 9.11. The Morgan fingerprint density at radius 1 is 1.33 bits per heavy atom. The van der Waals surface area contributed by atoms with Crippen LogP contribution >= 0.6 is 11.8 Å². The molecular formula is C11H19NO4S2. The molecule has 1 unspecified atom stereocenters. The first-order valence-electron chi connectivity index (χ1n) is 6.24. The number of sulfone groups is 1. The highest BCUT2D eigenvalue weighted by Crippen LogP contribution is 2.29. The van der Waals surface area contributed by atoms with E-state index in [0.717, 1.165) is 12.8 Å². The highest BCUT2D eigenvalue weighted by molar-refractivity contribution is 8.02. The van der Waals surface area contributed by atoms with E-state index in [1.165, 1.54) is 11.8 Å². The van der Waals surface area contributed by atoms with Gasteiger partial charge in [-0.2, -0.15) is 0 Å². The second-order valence-corrected chi connectivity index (χ2v) is 8.40. The molecule has 1 saturated heterocycles. The Morgan fingerprint density at radius 3 is 2.56 bits per heavy atom. The van der Waals surface area contributed by atoms with Gasteiger partial charge in [0, 0.05) is 17.8 Å². The summed E-state index contributed by atoms with van der Waals surface area (Å²) < 4.78 is 22.6. The molecule has 1 heterocycles. The quantitative estimate of drug-likeness (QED) is 0.739. The minimum Gasteiger partial charge on any atom is -0.395 e. The lowest BCUT2D eigenvalue weighted by Gasteiger charge is -2.21. The van der Waals surface area contributed by atoms with Gasteiger partial charge in [0.2, 0.25) is 5.91 Å². The molecule has 5 nitrogen and oxygen atoms in total. The second kappa shape index (κ2) is 5.79. The van der Waals surface area contributed by atoms with Crippen LogP contribution in [0.4, 0.5) is 0 Å². The molecule has 1 N–H and O–H groups in total. The maximum Gasteiger partial charge on any atom is 0.232 e. The largest absolute Gasteiger partial charge is 0.395 e. The van der Waals surface area contributed by atoms with Crippen LogP contribution in [-0.2, 0) is 14.6 Å². The minimum atomic E-state index is -2.86. The van der Waals surface area contributed by atoms with Crippen molar-refractivity contribution in [2.75, 3.05) is 30.4 Å². The molecule has 0 aromatic rings. The van der Waals surface area contributed by atoms with E-state index >= 15 is 0 Å². The van der Waals surface area contributed by atoms with Crippen LogP contribution < -0.4 is 0 Å². The molecule has 18 heavy (non-hydrogen) atoms. The topological polar surface area (TPSA) is 74.7 Å². The summed E-state index contributed by atoms with van der Waals surface area (Å²) >= 11 is 1.44. The second-order valence-electron chi connectivity index (χ2n) is 4.88. The number of rotatable bonds is 6. The van der Waals surface area contributed by atoms with Crippen LogP contribution in [0.3, 0.4) is 0 Å². The van der Waals surface area contributed by atoms with Crippen LogP contribution in [0.15, 0.2) is 0 Å². The van der Waals surface area contributed by atoms with E-state index in [0.29, 0.717) is 24.8 Å². The molecule has 1 aliphatic carbocycles. The maximum absolute atomic E-state index is 12.0. The first-order chi connectivity index (χ1) is 8.52. The average Bonchev–Trinajstić information content (AvgIpc) is 3.08. The van der Waals surface area contributed by atoms with Crippen LogP contribution in [-0.4, -0.2) is 66.0 Å². The summed E-state index contributed by atoms with van der Waals surface area (Å²) in [5.74, 6) is 0.813. The summed E-state index contributed by atoms with van der Waals surface area (Å²) in [6.45, 7) is 0.387. The van der Waals surface area contributed by atoms with Crippen LogP contribution in [0, 0.1) is 0 Å². The number of hydrogen-bond acceptors (Lipinski definition) is 5. The fourth-order valence-corrected chi connectivity index (χ4v) is 5.70. The van der Waals surface area contributed by atoms with Crippen molar-refractivity contribution in [3.8, 4) is 0 Å². The van der Waals surface area contributed by atoms with Gasteiger partial charge >= 0.3 is 0 Å². The van der Waals surface area contributed by atoms with E-state index in [4.69, 9.17) is 5.11 Å². The number of aliphatic hydroxyl groups is 1. The fourth-order valence-electron chi connectivity index (χ4n) is 2.17.